The lowest BCUT2D eigenvalue weighted by molar-refractivity contribution is 0.252. The molecule has 0 spiro atoms. The number of rotatable bonds is 4. The Morgan fingerprint density at radius 1 is 1.41 bits per heavy atom. The quantitative estimate of drug-likeness (QED) is 0.491. The molecule has 1 aliphatic rings. The summed E-state index contributed by atoms with van der Waals surface area (Å²) in [5, 5.41) is 11.9. The summed E-state index contributed by atoms with van der Waals surface area (Å²) in [6.07, 6.45) is 5.25. The molecule has 3 nitrogen and oxygen atoms in total. The van der Waals surface area contributed by atoms with Crippen LogP contribution in [0.25, 0.3) is 0 Å². The van der Waals surface area contributed by atoms with Crippen molar-refractivity contribution in [2.24, 2.45) is 11.1 Å². The summed E-state index contributed by atoms with van der Waals surface area (Å²) in [7, 11) is 0. The zero-order chi connectivity index (χ0) is 12.1. The second-order valence-electron chi connectivity index (χ2n) is 4.67. The minimum Gasteiger partial charge on any atom is -0.493 e. The van der Waals surface area contributed by atoms with E-state index in [2.05, 4.69) is 5.16 Å². The topological polar surface area (TPSA) is 41.8 Å². The molecule has 0 unspecified atom stereocenters. The van der Waals surface area contributed by atoms with Gasteiger partial charge in [-0.25, -0.2) is 0 Å². The Morgan fingerprint density at radius 3 is 2.88 bits per heavy atom. The zero-order valence-electron chi connectivity index (χ0n) is 10.2. The Balaban J connectivity index is 1.96. The van der Waals surface area contributed by atoms with Gasteiger partial charge in [0.15, 0.2) is 0 Å². The first-order valence-electron chi connectivity index (χ1n) is 6.21. The molecule has 0 saturated heterocycles. The number of hydrogen-bond acceptors (Lipinski definition) is 3. The fourth-order valence-corrected chi connectivity index (χ4v) is 2.26. The molecule has 92 valence electrons. The lowest BCUT2D eigenvalue weighted by Crippen LogP contribution is -2.08. The van der Waals surface area contributed by atoms with E-state index in [0.717, 1.165) is 17.9 Å². The van der Waals surface area contributed by atoms with Crippen molar-refractivity contribution in [3.63, 3.8) is 0 Å². The molecule has 0 aromatic heterocycles. The van der Waals surface area contributed by atoms with E-state index in [1.54, 1.807) is 6.92 Å². The summed E-state index contributed by atoms with van der Waals surface area (Å²) >= 11 is 0. The van der Waals surface area contributed by atoms with Gasteiger partial charge in [-0.15, -0.1) is 0 Å². The Kier molecular flexibility index (Phi) is 4.02. The van der Waals surface area contributed by atoms with Crippen molar-refractivity contribution in [1.29, 1.82) is 0 Å². The highest BCUT2D eigenvalue weighted by molar-refractivity contribution is 5.98. The van der Waals surface area contributed by atoms with Crippen molar-refractivity contribution in [1.82, 2.24) is 0 Å². The fourth-order valence-electron chi connectivity index (χ4n) is 2.26. The standard InChI is InChI=1S/C14H19NO2/c1-11(15-16)13-7-4-8-14(9-13)17-10-12-5-2-3-6-12/h4,7-9,12,16H,2-3,5-6,10H2,1H3/b15-11-. The monoisotopic (exact) mass is 233 g/mol. The van der Waals surface area contributed by atoms with E-state index in [1.165, 1.54) is 25.7 Å². The molecule has 1 aromatic rings. The van der Waals surface area contributed by atoms with Gasteiger partial charge in [0.1, 0.15) is 5.75 Å². The molecule has 0 amide bonds. The summed E-state index contributed by atoms with van der Waals surface area (Å²) in [5.74, 6) is 1.57. The van der Waals surface area contributed by atoms with Crippen LogP contribution in [0.15, 0.2) is 29.4 Å². The number of hydrogen-bond donors (Lipinski definition) is 1. The molecule has 1 fully saturated rings. The second kappa shape index (κ2) is 5.71. The Labute approximate surface area is 102 Å². The van der Waals surface area contributed by atoms with Gasteiger partial charge in [-0.3, -0.25) is 0 Å². The first kappa shape index (κ1) is 12.0. The van der Waals surface area contributed by atoms with Crippen LogP contribution in [0.5, 0.6) is 5.75 Å². The van der Waals surface area contributed by atoms with E-state index in [4.69, 9.17) is 9.94 Å². The molecule has 0 radical (unpaired) electrons. The molecule has 0 aliphatic heterocycles. The summed E-state index contributed by atoms with van der Waals surface area (Å²) in [6, 6.07) is 7.71. The molecule has 3 heteroatoms. The molecule has 0 bridgehead atoms. The number of oxime groups is 1. The van der Waals surface area contributed by atoms with Crippen molar-refractivity contribution in [2.45, 2.75) is 32.6 Å². The fraction of sp³-hybridized carbons (Fsp3) is 0.500. The van der Waals surface area contributed by atoms with Crippen LogP contribution >= 0.6 is 0 Å². The van der Waals surface area contributed by atoms with E-state index >= 15 is 0 Å². The van der Waals surface area contributed by atoms with Crippen molar-refractivity contribution in [3.8, 4) is 5.75 Å². The number of benzene rings is 1. The molecule has 1 aliphatic carbocycles. The van der Waals surface area contributed by atoms with Crippen molar-refractivity contribution in [3.05, 3.63) is 29.8 Å². The normalized spacial score (nSPS) is 17.4. The summed E-state index contributed by atoms with van der Waals surface area (Å²) in [6.45, 7) is 2.58. The van der Waals surface area contributed by atoms with Crippen LogP contribution in [-0.4, -0.2) is 17.5 Å². The molecule has 0 heterocycles. The number of nitrogens with zero attached hydrogens (tertiary/aromatic N) is 1. The van der Waals surface area contributed by atoms with Crippen LogP contribution in [0.4, 0.5) is 0 Å². The Morgan fingerprint density at radius 2 is 2.18 bits per heavy atom. The molecular weight excluding hydrogens is 214 g/mol. The smallest absolute Gasteiger partial charge is 0.119 e. The lowest BCUT2D eigenvalue weighted by Gasteiger charge is -2.11. The Hall–Kier alpha value is -1.51. The molecule has 1 N–H and O–H groups in total. The van der Waals surface area contributed by atoms with Gasteiger partial charge in [0.2, 0.25) is 0 Å². The summed E-state index contributed by atoms with van der Waals surface area (Å²) < 4.78 is 5.79. The van der Waals surface area contributed by atoms with Crippen molar-refractivity contribution >= 4 is 5.71 Å². The van der Waals surface area contributed by atoms with E-state index in [9.17, 15) is 0 Å². The van der Waals surface area contributed by atoms with Gasteiger partial charge < -0.3 is 9.94 Å². The molecule has 0 atom stereocenters. The van der Waals surface area contributed by atoms with Gasteiger partial charge in [0, 0.05) is 5.56 Å². The Bertz CT molecular complexity index is 395. The number of ether oxygens (including phenoxy) is 1. The molecule has 1 saturated carbocycles. The maximum absolute atomic E-state index is 8.73. The SMILES string of the molecule is C/C(=N/O)c1cccc(OCC2CCCC2)c1. The minimum atomic E-state index is 0.608. The average molecular weight is 233 g/mol. The van der Waals surface area contributed by atoms with E-state index < -0.39 is 0 Å². The highest BCUT2D eigenvalue weighted by Crippen LogP contribution is 2.25. The second-order valence-corrected chi connectivity index (χ2v) is 4.67. The van der Waals surface area contributed by atoms with Gasteiger partial charge >= 0.3 is 0 Å². The first-order valence-corrected chi connectivity index (χ1v) is 6.21. The zero-order valence-corrected chi connectivity index (χ0v) is 10.2. The lowest BCUT2D eigenvalue weighted by atomic mass is 10.1. The third-order valence-electron chi connectivity index (χ3n) is 3.36. The third-order valence-corrected chi connectivity index (χ3v) is 3.36. The van der Waals surface area contributed by atoms with Crippen LogP contribution < -0.4 is 4.74 Å². The van der Waals surface area contributed by atoms with Crippen LogP contribution in [0.3, 0.4) is 0 Å². The largest absolute Gasteiger partial charge is 0.493 e. The third kappa shape index (κ3) is 3.22. The maximum atomic E-state index is 8.73. The maximum Gasteiger partial charge on any atom is 0.119 e. The van der Waals surface area contributed by atoms with Crippen LogP contribution in [-0.2, 0) is 0 Å². The van der Waals surface area contributed by atoms with Crippen molar-refractivity contribution in [2.75, 3.05) is 6.61 Å². The van der Waals surface area contributed by atoms with E-state index in [-0.39, 0.29) is 0 Å². The molecular formula is C14H19NO2. The van der Waals surface area contributed by atoms with Gasteiger partial charge in [0.05, 0.1) is 12.3 Å². The van der Waals surface area contributed by atoms with Crippen LogP contribution in [0.1, 0.15) is 38.2 Å². The van der Waals surface area contributed by atoms with Gasteiger partial charge in [-0.2, -0.15) is 0 Å². The highest BCUT2D eigenvalue weighted by Gasteiger charge is 2.15. The van der Waals surface area contributed by atoms with Crippen LogP contribution in [0.2, 0.25) is 0 Å². The average Bonchev–Trinajstić information content (AvgIpc) is 2.89. The summed E-state index contributed by atoms with van der Waals surface area (Å²) in [4.78, 5) is 0. The highest BCUT2D eigenvalue weighted by atomic mass is 16.5. The predicted octanol–water partition coefficient (Wildman–Crippen LogP) is 3.45. The molecule has 2 rings (SSSR count). The van der Waals surface area contributed by atoms with E-state index in [1.807, 2.05) is 24.3 Å². The predicted molar refractivity (Wildman–Crippen MR) is 67.9 cm³/mol. The first-order chi connectivity index (χ1) is 8.29. The van der Waals surface area contributed by atoms with Gasteiger partial charge in [0.25, 0.3) is 0 Å². The van der Waals surface area contributed by atoms with Gasteiger partial charge in [-0.05, 0) is 37.8 Å². The van der Waals surface area contributed by atoms with Crippen molar-refractivity contribution < 1.29 is 9.94 Å². The van der Waals surface area contributed by atoms with Crippen LogP contribution in [0, 0.1) is 5.92 Å². The molecule has 17 heavy (non-hydrogen) atoms. The summed E-state index contributed by atoms with van der Waals surface area (Å²) in [5.41, 5.74) is 1.51. The van der Waals surface area contributed by atoms with E-state index in [0.29, 0.717) is 11.6 Å². The molecule has 1 aromatic carbocycles. The van der Waals surface area contributed by atoms with Gasteiger partial charge in [-0.1, -0.05) is 30.1 Å². The minimum absolute atomic E-state index is 0.608.